The smallest absolute Gasteiger partial charge is 0.0311 e. The van der Waals surface area contributed by atoms with Crippen LogP contribution in [-0.4, -0.2) is 0 Å². The molecule has 0 fully saturated rings. The average Bonchev–Trinajstić information content (AvgIpc) is 1.77. The van der Waals surface area contributed by atoms with Gasteiger partial charge in [0.25, 0.3) is 0 Å². The quantitative estimate of drug-likeness (QED) is 0.557. The Bertz CT molecular complexity index is 160. The van der Waals surface area contributed by atoms with Gasteiger partial charge in [0.15, 0.2) is 0 Å². The van der Waals surface area contributed by atoms with E-state index in [1.165, 1.54) is 0 Å². The zero-order chi connectivity index (χ0) is 5.98. The van der Waals surface area contributed by atoms with Gasteiger partial charge in [-0.1, -0.05) is 34.1 Å². The minimum atomic E-state index is 0.535. The van der Waals surface area contributed by atoms with Crippen molar-refractivity contribution < 1.29 is 0 Å². The molecule has 0 atom stereocenters. The number of halogens is 1. The molecule has 8 heavy (non-hydrogen) atoms. The lowest BCUT2D eigenvalue weighted by Gasteiger charge is -1.90. The second-order valence-electron chi connectivity index (χ2n) is 1.48. The molecule has 0 saturated carbocycles. The van der Waals surface area contributed by atoms with E-state index in [1.807, 2.05) is 18.2 Å². The van der Waals surface area contributed by atoms with Crippen LogP contribution in [0.1, 0.15) is 5.56 Å². The normalized spacial score (nSPS) is 9.25. The molecule has 0 N–H and O–H groups in total. The molecule has 0 heterocycles. The van der Waals surface area contributed by atoms with E-state index in [0.717, 1.165) is 4.47 Å². The van der Waals surface area contributed by atoms with Crippen molar-refractivity contribution in [3.05, 3.63) is 41.2 Å². The lowest BCUT2D eigenvalue weighted by molar-refractivity contribution is 1.56. The van der Waals surface area contributed by atoms with Crippen molar-refractivity contribution in [2.75, 3.05) is 0 Å². The van der Waals surface area contributed by atoms with E-state index in [0.29, 0.717) is 5.56 Å². The second kappa shape index (κ2) is 2.31. The maximum atomic E-state index is 7.17. The first-order valence-corrected chi connectivity index (χ1v) is 3.06. The van der Waals surface area contributed by atoms with Crippen LogP contribution in [0.3, 0.4) is 0 Å². The van der Waals surface area contributed by atoms with Crippen LogP contribution in [0, 0.1) is 6.92 Å². The summed E-state index contributed by atoms with van der Waals surface area (Å²) in [6.45, 7) is 7.17. The minimum absolute atomic E-state index is 0.535. The summed E-state index contributed by atoms with van der Waals surface area (Å²) < 4.78 is 0.847. The fourth-order valence-corrected chi connectivity index (χ4v) is 0.746. The predicted octanol–water partition coefficient (Wildman–Crippen LogP) is 2.39. The van der Waals surface area contributed by atoms with E-state index in [9.17, 15) is 0 Å². The van der Waals surface area contributed by atoms with Crippen molar-refractivity contribution >= 4 is 15.9 Å². The summed E-state index contributed by atoms with van der Waals surface area (Å²) in [5.41, 5.74) is 0.535. The van der Waals surface area contributed by atoms with Crippen molar-refractivity contribution in [1.82, 2.24) is 0 Å². The molecule has 0 aliphatic carbocycles. The molecular weight excluding hydrogens is 164 g/mol. The van der Waals surface area contributed by atoms with Crippen molar-refractivity contribution in [2.45, 2.75) is 0 Å². The largest absolute Gasteiger partial charge is 0.0619 e. The van der Waals surface area contributed by atoms with Crippen molar-refractivity contribution in [3.8, 4) is 0 Å². The van der Waals surface area contributed by atoms with Gasteiger partial charge in [0, 0.05) is 11.4 Å². The van der Waals surface area contributed by atoms with Crippen LogP contribution in [0.5, 0.6) is 0 Å². The summed E-state index contributed by atoms with van der Waals surface area (Å²) in [7, 11) is 0. The molecule has 0 saturated heterocycles. The van der Waals surface area contributed by atoms with Crippen LogP contribution in [-0.2, 0) is 0 Å². The zero-order valence-corrected chi connectivity index (χ0v) is 5.77. The highest BCUT2D eigenvalue weighted by Crippen LogP contribution is 2.13. The Morgan fingerprint density at radius 3 is 2.25 bits per heavy atom. The summed E-state index contributed by atoms with van der Waals surface area (Å²) in [6, 6.07) is 7.32. The molecule has 1 rings (SSSR count). The average molecular weight is 168 g/mol. The summed E-state index contributed by atoms with van der Waals surface area (Å²) in [5, 5.41) is 0. The third-order valence-corrected chi connectivity index (χ3v) is 1.57. The molecule has 0 unspecified atom stereocenters. The van der Waals surface area contributed by atoms with Gasteiger partial charge in [-0.3, -0.25) is 0 Å². The second-order valence-corrected chi connectivity index (χ2v) is 2.33. The standard InChI is InChI=1S/C7H4Br/c1-6-4-2-3-5-7(6)8/h2-5H. The highest BCUT2D eigenvalue weighted by Gasteiger charge is 1.86. The topological polar surface area (TPSA) is 0 Å². The Morgan fingerprint density at radius 1 is 1.25 bits per heavy atom. The third-order valence-electron chi connectivity index (χ3n) is 0.874. The summed E-state index contributed by atoms with van der Waals surface area (Å²) >= 11 is 3.21. The molecule has 1 aromatic rings. The molecule has 1 heteroatoms. The van der Waals surface area contributed by atoms with Gasteiger partial charge in [-0.2, -0.15) is 0 Å². The first kappa shape index (κ1) is 5.83. The highest BCUT2D eigenvalue weighted by atomic mass is 79.9. The first-order valence-electron chi connectivity index (χ1n) is 2.27. The van der Waals surface area contributed by atoms with Crippen molar-refractivity contribution in [2.24, 2.45) is 0 Å². The van der Waals surface area contributed by atoms with Gasteiger partial charge in [-0.05, 0) is 11.6 Å². The SMILES string of the molecule is [C]c1ccccc1Br. The molecule has 0 amide bonds. The Morgan fingerprint density at radius 2 is 1.88 bits per heavy atom. The fraction of sp³-hybridized carbons (Fsp3) is 0. The first-order chi connectivity index (χ1) is 3.80. The van der Waals surface area contributed by atoms with Crippen LogP contribution >= 0.6 is 15.9 Å². The molecule has 0 aliphatic heterocycles. The van der Waals surface area contributed by atoms with E-state index in [4.69, 9.17) is 6.92 Å². The maximum absolute atomic E-state index is 7.17. The number of hydrogen-bond donors (Lipinski definition) is 0. The number of hydrogen-bond acceptors (Lipinski definition) is 0. The Kier molecular flexibility index (Phi) is 1.69. The highest BCUT2D eigenvalue weighted by molar-refractivity contribution is 9.10. The van der Waals surface area contributed by atoms with E-state index >= 15 is 0 Å². The molecule has 0 bridgehead atoms. The van der Waals surface area contributed by atoms with Crippen LogP contribution in [0.15, 0.2) is 28.7 Å². The summed E-state index contributed by atoms with van der Waals surface area (Å²) in [4.78, 5) is 0. The van der Waals surface area contributed by atoms with Gasteiger partial charge in [-0.15, -0.1) is 0 Å². The van der Waals surface area contributed by atoms with Gasteiger partial charge >= 0.3 is 0 Å². The third kappa shape index (κ3) is 1.10. The van der Waals surface area contributed by atoms with Crippen LogP contribution < -0.4 is 0 Å². The van der Waals surface area contributed by atoms with E-state index in [-0.39, 0.29) is 0 Å². The molecule has 0 spiro atoms. The predicted molar refractivity (Wildman–Crippen MR) is 36.5 cm³/mol. The van der Waals surface area contributed by atoms with Gasteiger partial charge in [-0.25, -0.2) is 0 Å². The molecule has 39 valence electrons. The van der Waals surface area contributed by atoms with E-state index in [2.05, 4.69) is 15.9 Å². The summed E-state index contributed by atoms with van der Waals surface area (Å²) in [6.07, 6.45) is 0. The lowest BCUT2D eigenvalue weighted by Crippen LogP contribution is -1.69. The fourth-order valence-electron chi connectivity index (χ4n) is 0.461. The lowest BCUT2D eigenvalue weighted by atomic mass is 10.2. The van der Waals surface area contributed by atoms with Gasteiger partial charge in [0.2, 0.25) is 0 Å². The molecule has 0 aromatic heterocycles. The van der Waals surface area contributed by atoms with E-state index in [1.54, 1.807) is 6.07 Å². The van der Waals surface area contributed by atoms with E-state index < -0.39 is 0 Å². The number of rotatable bonds is 0. The molecule has 0 aliphatic rings. The Labute approximate surface area is 57.7 Å². The van der Waals surface area contributed by atoms with Crippen molar-refractivity contribution in [1.29, 1.82) is 0 Å². The van der Waals surface area contributed by atoms with Gasteiger partial charge in [0.05, 0.1) is 0 Å². The Hall–Kier alpha value is -0.300. The van der Waals surface area contributed by atoms with Gasteiger partial charge in [0.1, 0.15) is 0 Å². The zero-order valence-electron chi connectivity index (χ0n) is 4.19. The monoisotopic (exact) mass is 167 g/mol. The van der Waals surface area contributed by atoms with Crippen LogP contribution in [0.4, 0.5) is 0 Å². The van der Waals surface area contributed by atoms with Crippen LogP contribution in [0.2, 0.25) is 0 Å². The Balaban J connectivity index is 3.13. The van der Waals surface area contributed by atoms with Crippen LogP contribution in [0.25, 0.3) is 0 Å². The van der Waals surface area contributed by atoms with Gasteiger partial charge < -0.3 is 0 Å². The molecule has 0 nitrogen and oxygen atoms in total. The molecular formula is C7H4Br. The van der Waals surface area contributed by atoms with Crippen molar-refractivity contribution in [3.63, 3.8) is 0 Å². The molecule has 1 aromatic carbocycles. The summed E-state index contributed by atoms with van der Waals surface area (Å²) in [5.74, 6) is 0. The maximum Gasteiger partial charge on any atom is 0.0311 e. The minimum Gasteiger partial charge on any atom is -0.0619 e. The molecule has 3 radical (unpaired) electrons. The number of benzene rings is 1.